The van der Waals surface area contributed by atoms with E-state index in [9.17, 15) is 9.18 Å². The van der Waals surface area contributed by atoms with Gasteiger partial charge in [-0.15, -0.1) is 0 Å². The number of aromatic carboxylic acids is 1. The first-order valence-electron chi connectivity index (χ1n) is 3.31. The van der Waals surface area contributed by atoms with Crippen molar-refractivity contribution >= 4 is 11.7 Å². The Morgan fingerprint density at radius 3 is 2.67 bits per heavy atom. The summed E-state index contributed by atoms with van der Waals surface area (Å²) >= 11 is 0. The van der Waals surface area contributed by atoms with Gasteiger partial charge in [-0.2, -0.15) is 0 Å². The highest BCUT2D eigenvalue weighted by Crippen LogP contribution is 2.16. The van der Waals surface area contributed by atoms with Crippen molar-refractivity contribution in [2.24, 2.45) is 0 Å². The predicted octanol–water partition coefficient (Wildman–Crippen LogP) is 1.41. The Bertz CT molecular complexity index is 336. The number of nitrogens with two attached hydrogens (primary N) is 1. The lowest BCUT2D eigenvalue weighted by atomic mass is 10.1. The molecule has 64 valence electrons. The summed E-state index contributed by atoms with van der Waals surface area (Å²) < 4.78 is 12.9. The van der Waals surface area contributed by atoms with E-state index in [-0.39, 0.29) is 16.8 Å². The fraction of sp³-hybridized carbons (Fsp3) is 0.125. The fourth-order valence-corrected chi connectivity index (χ4v) is 0.922. The third kappa shape index (κ3) is 1.37. The van der Waals surface area contributed by atoms with Gasteiger partial charge in [0.05, 0.1) is 5.56 Å². The van der Waals surface area contributed by atoms with Crippen molar-refractivity contribution in [3.8, 4) is 0 Å². The zero-order valence-electron chi connectivity index (χ0n) is 6.47. The smallest absolute Gasteiger partial charge is 0.336 e. The van der Waals surface area contributed by atoms with Crippen LogP contribution in [0, 0.1) is 12.7 Å². The molecule has 0 atom stereocenters. The molecule has 0 spiro atoms. The lowest BCUT2D eigenvalue weighted by molar-refractivity contribution is 0.0695. The molecule has 0 fully saturated rings. The van der Waals surface area contributed by atoms with Crippen LogP contribution < -0.4 is 5.73 Å². The fourth-order valence-electron chi connectivity index (χ4n) is 0.922. The van der Waals surface area contributed by atoms with Crippen LogP contribution in [-0.4, -0.2) is 11.1 Å². The average molecular weight is 169 g/mol. The van der Waals surface area contributed by atoms with Crippen LogP contribution in [-0.2, 0) is 0 Å². The van der Waals surface area contributed by atoms with Crippen molar-refractivity contribution in [3.63, 3.8) is 0 Å². The van der Waals surface area contributed by atoms with Crippen LogP contribution in [0.5, 0.6) is 0 Å². The Balaban J connectivity index is 3.37. The molecule has 1 rings (SSSR count). The van der Waals surface area contributed by atoms with Crippen LogP contribution in [0.3, 0.4) is 0 Å². The Morgan fingerprint density at radius 1 is 1.58 bits per heavy atom. The van der Waals surface area contributed by atoms with E-state index >= 15 is 0 Å². The number of rotatable bonds is 1. The second-order valence-electron chi connectivity index (χ2n) is 2.48. The molecule has 0 amide bonds. The van der Waals surface area contributed by atoms with Crippen LogP contribution in [0.4, 0.5) is 10.1 Å². The number of anilines is 1. The molecule has 12 heavy (non-hydrogen) atoms. The molecular weight excluding hydrogens is 161 g/mol. The first-order valence-corrected chi connectivity index (χ1v) is 3.31. The summed E-state index contributed by atoms with van der Waals surface area (Å²) in [7, 11) is 0. The minimum Gasteiger partial charge on any atom is -0.478 e. The number of carboxylic acid groups (broad SMARTS) is 1. The second-order valence-corrected chi connectivity index (χ2v) is 2.48. The number of halogens is 1. The molecule has 0 aliphatic carbocycles. The molecule has 3 N–H and O–H groups in total. The minimum atomic E-state index is -1.17. The van der Waals surface area contributed by atoms with E-state index in [1.165, 1.54) is 13.0 Å². The highest BCUT2D eigenvalue weighted by atomic mass is 19.1. The molecule has 0 radical (unpaired) electrons. The molecule has 1 aromatic rings. The normalized spacial score (nSPS) is 9.83. The topological polar surface area (TPSA) is 63.3 Å². The van der Waals surface area contributed by atoms with Gasteiger partial charge in [0.15, 0.2) is 0 Å². The molecule has 0 saturated carbocycles. The Kier molecular flexibility index (Phi) is 1.99. The first kappa shape index (κ1) is 8.52. The molecule has 0 bridgehead atoms. The van der Waals surface area contributed by atoms with Gasteiger partial charge in [-0.1, -0.05) is 0 Å². The monoisotopic (exact) mass is 169 g/mol. The van der Waals surface area contributed by atoms with Crippen LogP contribution in [0.1, 0.15) is 15.9 Å². The summed E-state index contributed by atoms with van der Waals surface area (Å²) in [6.07, 6.45) is 0. The number of nitrogen functional groups attached to an aromatic ring is 1. The van der Waals surface area contributed by atoms with E-state index < -0.39 is 11.8 Å². The van der Waals surface area contributed by atoms with Gasteiger partial charge >= 0.3 is 5.97 Å². The zero-order valence-corrected chi connectivity index (χ0v) is 6.47. The minimum absolute atomic E-state index is 0.0903. The van der Waals surface area contributed by atoms with Crippen molar-refractivity contribution in [1.82, 2.24) is 0 Å². The number of carbonyl (C=O) groups is 1. The number of carboxylic acids is 1. The predicted molar refractivity (Wildman–Crippen MR) is 42.5 cm³/mol. The van der Waals surface area contributed by atoms with Gasteiger partial charge in [-0.3, -0.25) is 0 Å². The Hall–Kier alpha value is -1.58. The average Bonchev–Trinajstić information content (AvgIpc) is 1.96. The molecule has 0 aromatic heterocycles. The Morgan fingerprint density at radius 2 is 2.17 bits per heavy atom. The number of hydrogen-bond donors (Lipinski definition) is 2. The highest BCUT2D eigenvalue weighted by Gasteiger charge is 2.11. The lowest BCUT2D eigenvalue weighted by Crippen LogP contribution is -2.03. The zero-order chi connectivity index (χ0) is 9.30. The van der Waals surface area contributed by atoms with E-state index in [4.69, 9.17) is 10.8 Å². The van der Waals surface area contributed by atoms with Crippen LogP contribution in [0.2, 0.25) is 0 Å². The van der Waals surface area contributed by atoms with E-state index in [2.05, 4.69) is 0 Å². The van der Waals surface area contributed by atoms with Gasteiger partial charge in [0.25, 0.3) is 0 Å². The van der Waals surface area contributed by atoms with E-state index in [0.29, 0.717) is 0 Å². The summed E-state index contributed by atoms with van der Waals surface area (Å²) in [5, 5.41) is 8.59. The van der Waals surface area contributed by atoms with E-state index in [0.717, 1.165) is 6.07 Å². The quantitative estimate of drug-likeness (QED) is 0.625. The summed E-state index contributed by atoms with van der Waals surface area (Å²) in [6.45, 7) is 1.40. The standard InChI is InChI=1S/C8H8FNO2/c1-4-6(8(11)12)2-5(10)3-7(4)9/h2-3H,10H2,1H3,(H,11,12). The largest absolute Gasteiger partial charge is 0.478 e. The third-order valence-corrected chi connectivity index (χ3v) is 1.60. The number of benzene rings is 1. The maximum atomic E-state index is 12.9. The van der Waals surface area contributed by atoms with Gasteiger partial charge < -0.3 is 10.8 Å². The first-order chi connectivity index (χ1) is 5.52. The molecule has 1 aromatic carbocycles. The molecule has 4 heteroatoms. The van der Waals surface area contributed by atoms with Gasteiger partial charge in [0, 0.05) is 5.69 Å². The SMILES string of the molecule is Cc1c(F)cc(N)cc1C(=O)O. The molecular formula is C8H8FNO2. The number of hydrogen-bond acceptors (Lipinski definition) is 2. The molecule has 0 saturated heterocycles. The molecule has 0 unspecified atom stereocenters. The van der Waals surface area contributed by atoms with Gasteiger partial charge in [0.1, 0.15) is 5.82 Å². The van der Waals surface area contributed by atoms with Crippen LogP contribution in [0.25, 0.3) is 0 Å². The van der Waals surface area contributed by atoms with E-state index in [1.54, 1.807) is 0 Å². The second kappa shape index (κ2) is 2.81. The van der Waals surface area contributed by atoms with Crippen molar-refractivity contribution < 1.29 is 14.3 Å². The van der Waals surface area contributed by atoms with Gasteiger partial charge in [-0.25, -0.2) is 9.18 Å². The van der Waals surface area contributed by atoms with Crippen molar-refractivity contribution in [2.45, 2.75) is 6.92 Å². The summed E-state index contributed by atoms with van der Waals surface area (Å²) in [5.74, 6) is -1.76. The maximum Gasteiger partial charge on any atom is 0.336 e. The molecule has 0 heterocycles. The van der Waals surface area contributed by atoms with Crippen molar-refractivity contribution in [2.75, 3.05) is 5.73 Å². The van der Waals surface area contributed by atoms with E-state index in [1.807, 2.05) is 0 Å². The third-order valence-electron chi connectivity index (χ3n) is 1.60. The Labute approximate surface area is 68.6 Å². The maximum absolute atomic E-state index is 12.9. The lowest BCUT2D eigenvalue weighted by Gasteiger charge is -2.02. The molecule has 3 nitrogen and oxygen atoms in total. The molecule has 0 aliphatic heterocycles. The highest BCUT2D eigenvalue weighted by molar-refractivity contribution is 5.90. The summed E-state index contributed by atoms with van der Waals surface area (Å²) in [6, 6.07) is 2.34. The van der Waals surface area contributed by atoms with Crippen LogP contribution >= 0.6 is 0 Å². The van der Waals surface area contributed by atoms with Crippen molar-refractivity contribution in [1.29, 1.82) is 0 Å². The van der Waals surface area contributed by atoms with Gasteiger partial charge in [0.2, 0.25) is 0 Å². The van der Waals surface area contributed by atoms with Crippen molar-refractivity contribution in [3.05, 3.63) is 29.1 Å². The molecule has 0 aliphatic rings. The van der Waals surface area contributed by atoms with Crippen LogP contribution in [0.15, 0.2) is 12.1 Å². The van der Waals surface area contributed by atoms with Gasteiger partial charge in [-0.05, 0) is 24.6 Å². The summed E-state index contributed by atoms with van der Waals surface area (Å²) in [4.78, 5) is 10.5. The summed E-state index contributed by atoms with van der Waals surface area (Å²) in [5.41, 5.74) is 5.40.